The maximum absolute atomic E-state index is 13.2. The Hall–Kier alpha value is -2.87. The van der Waals surface area contributed by atoms with Crippen molar-refractivity contribution in [3.05, 3.63) is 65.2 Å². The minimum Gasteiger partial charge on any atom is -0.357 e. The van der Waals surface area contributed by atoms with Gasteiger partial charge in [0.25, 0.3) is 0 Å². The number of aryl methyl sites for hydroxylation is 1. The predicted molar refractivity (Wildman–Crippen MR) is 132 cm³/mol. The van der Waals surface area contributed by atoms with E-state index in [-0.39, 0.29) is 24.8 Å². The summed E-state index contributed by atoms with van der Waals surface area (Å²) < 4.78 is 26.4. The van der Waals surface area contributed by atoms with Crippen LogP contribution < -0.4 is 9.62 Å². The molecule has 0 saturated carbocycles. The number of hydrogen-bond acceptors (Lipinski definition) is 4. The van der Waals surface area contributed by atoms with Crippen LogP contribution in [0.1, 0.15) is 42.9 Å². The van der Waals surface area contributed by atoms with Crippen molar-refractivity contribution in [1.29, 1.82) is 0 Å². The molecule has 7 nitrogen and oxygen atoms in total. The predicted octanol–water partition coefficient (Wildman–Crippen LogP) is 3.40. The van der Waals surface area contributed by atoms with Crippen molar-refractivity contribution in [2.45, 2.75) is 52.6 Å². The normalized spacial score (nSPS) is 12.2. The first-order valence-corrected chi connectivity index (χ1v) is 13.0. The first-order chi connectivity index (χ1) is 15.6. The summed E-state index contributed by atoms with van der Waals surface area (Å²) in [6.07, 6.45) is 2.14. The zero-order valence-electron chi connectivity index (χ0n) is 20.2. The van der Waals surface area contributed by atoms with Crippen LogP contribution in [0.2, 0.25) is 0 Å². The Labute approximate surface area is 197 Å². The Morgan fingerprint density at radius 2 is 1.70 bits per heavy atom. The third-order valence-corrected chi connectivity index (χ3v) is 7.00. The molecule has 1 atom stereocenters. The highest BCUT2D eigenvalue weighted by molar-refractivity contribution is 7.92. The van der Waals surface area contributed by atoms with Crippen molar-refractivity contribution in [1.82, 2.24) is 10.2 Å². The molecule has 0 aliphatic carbocycles. The van der Waals surface area contributed by atoms with Gasteiger partial charge < -0.3 is 10.2 Å². The minimum absolute atomic E-state index is 0.136. The Kier molecular flexibility index (Phi) is 9.46. The number of hydrogen-bond donors (Lipinski definition) is 1. The SMILES string of the molecule is CC[C@@H](C(=O)NC)N(Cc1ccccc1)C(=O)CCCN(c1cccc(C)c1C)S(C)(=O)=O. The Balaban J connectivity index is 2.20. The molecular weight excluding hydrogens is 438 g/mol. The van der Waals surface area contributed by atoms with Crippen molar-refractivity contribution >= 4 is 27.5 Å². The number of carbonyl (C=O) groups is 2. The third kappa shape index (κ3) is 7.05. The van der Waals surface area contributed by atoms with Gasteiger partial charge in [-0.15, -0.1) is 0 Å². The van der Waals surface area contributed by atoms with Crippen LogP contribution >= 0.6 is 0 Å². The number of sulfonamides is 1. The van der Waals surface area contributed by atoms with E-state index in [0.717, 1.165) is 16.7 Å². The fourth-order valence-corrected chi connectivity index (χ4v) is 4.87. The lowest BCUT2D eigenvalue weighted by Gasteiger charge is -2.31. The lowest BCUT2D eigenvalue weighted by molar-refractivity contribution is -0.141. The summed E-state index contributed by atoms with van der Waals surface area (Å²) in [5.74, 6) is -0.390. The van der Waals surface area contributed by atoms with Crippen LogP contribution in [0.5, 0.6) is 0 Å². The molecule has 0 fully saturated rings. The largest absolute Gasteiger partial charge is 0.357 e. The average Bonchev–Trinajstić information content (AvgIpc) is 2.78. The van der Waals surface area contributed by atoms with Crippen molar-refractivity contribution < 1.29 is 18.0 Å². The lowest BCUT2D eigenvalue weighted by atomic mass is 10.1. The van der Waals surface area contributed by atoms with E-state index in [0.29, 0.717) is 25.1 Å². The fraction of sp³-hybridized carbons (Fsp3) is 0.440. The van der Waals surface area contributed by atoms with E-state index in [9.17, 15) is 18.0 Å². The van der Waals surface area contributed by atoms with Crippen molar-refractivity contribution in [2.75, 3.05) is 24.2 Å². The maximum atomic E-state index is 13.2. The van der Waals surface area contributed by atoms with E-state index in [4.69, 9.17) is 0 Å². The number of anilines is 1. The monoisotopic (exact) mass is 473 g/mol. The van der Waals surface area contributed by atoms with Gasteiger partial charge in [-0.05, 0) is 49.4 Å². The standard InChI is InChI=1S/C25H35N3O4S/c1-6-22(25(30)26-4)27(18-21-13-8-7-9-14-21)24(29)16-11-17-28(33(5,31)32)23-15-10-12-19(2)20(23)3/h7-10,12-15,22H,6,11,16-18H2,1-5H3,(H,26,30)/t22-/m0/s1. The quantitative estimate of drug-likeness (QED) is 0.542. The van der Waals surface area contributed by atoms with Crippen LogP contribution in [-0.2, 0) is 26.2 Å². The van der Waals surface area contributed by atoms with Gasteiger partial charge in [-0.2, -0.15) is 0 Å². The maximum Gasteiger partial charge on any atom is 0.242 e. The molecule has 8 heteroatoms. The number of nitrogens with zero attached hydrogens (tertiary/aromatic N) is 2. The van der Waals surface area contributed by atoms with E-state index in [1.165, 1.54) is 10.6 Å². The molecule has 0 spiro atoms. The smallest absolute Gasteiger partial charge is 0.242 e. The molecule has 2 rings (SSSR count). The fourth-order valence-electron chi connectivity index (χ4n) is 3.85. The summed E-state index contributed by atoms with van der Waals surface area (Å²) in [5, 5.41) is 2.64. The average molecular weight is 474 g/mol. The molecule has 0 heterocycles. The molecule has 2 aromatic carbocycles. The van der Waals surface area contributed by atoms with Gasteiger partial charge in [0.05, 0.1) is 11.9 Å². The molecule has 0 unspecified atom stereocenters. The van der Waals surface area contributed by atoms with Gasteiger partial charge in [0, 0.05) is 26.6 Å². The second-order valence-corrected chi connectivity index (χ2v) is 10.1. The number of carbonyl (C=O) groups excluding carboxylic acids is 2. The van der Waals surface area contributed by atoms with Crippen molar-refractivity contribution in [3.63, 3.8) is 0 Å². The summed E-state index contributed by atoms with van der Waals surface area (Å²) in [6.45, 7) is 6.21. The molecule has 0 aliphatic rings. The van der Waals surface area contributed by atoms with Gasteiger partial charge >= 0.3 is 0 Å². The molecule has 0 saturated heterocycles. The Morgan fingerprint density at radius 1 is 1.03 bits per heavy atom. The Morgan fingerprint density at radius 3 is 2.27 bits per heavy atom. The van der Waals surface area contributed by atoms with Crippen LogP contribution in [0.15, 0.2) is 48.5 Å². The van der Waals surface area contributed by atoms with Gasteiger partial charge in [-0.1, -0.05) is 49.4 Å². The zero-order chi connectivity index (χ0) is 24.6. The van der Waals surface area contributed by atoms with Crippen LogP contribution in [0, 0.1) is 13.8 Å². The summed E-state index contributed by atoms with van der Waals surface area (Å²) in [5.41, 5.74) is 3.46. The molecule has 0 aromatic heterocycles. The molecule has 1 N–H and O–H groups in total. The second-order valence-electron chi connectivity index (χ2n) is 8.20. The molecular formula is C25H35N3O4S. The first-order valence-electron chi connectivity index (χ1n) is 11.2. The van der Waals surface area contributed by atoms with Gasteiger partial charge in [-0.3, -0.25) is 13.9 Å². The topological polar surface area (TPSA) is 86.8 Å². The van der Waals surface area contributed by atoms with Gasteiger partial charge in [0.1, 0.15) is 6.04 Å². The molecule has 33 heavy (non-hydrogen) atoms. The van der Waals surface area contributed by atoms with E-state index < -0.39 is 16.1 Å². The lowest BCUT2D eigenvalue weighted by Crippen LogP contribution is -2.48. The molecule has 0 radical (unpaired) electrons. The van der Waals surface area contributed by atoms with Crippen LogP contribution in [0.4, 0.5) is 5.69 Å². The Bertz CT molecular complexity index is 1050. The van der Waals surface area contributed by atoms with Crippen LogP contribution in [0.25, 0.3) is 0 Å². The number of nitrogens with one attached hydrogen (secondary N) is 1. The van der Waals surface area contributed by atoms with Crippen LogP contribution in [-0.4, -0.2) is 51.0 Å². The minimum atomic E-state index is -3.52. The summed E-state index contributed by atoms with van der Waals surface area (Å²) in [6, 6.07) is 14.5. The number of amides is 2. The van der Waals surface area contributed by atoms with E-state index in [1.54, 1.807) is 18.0 Å². The molecule has 180 valence electrons. The van der Waals surface area contributed by atoms with E-state index in [2.05, 4.69) is 5.32 Å². The molecule has 2 amide bonds. The number of benzene rings is 2. The van der Waals surface area contributed by atoms with Gasteiger partial charge in [0.15, 0.2) is 0 Å². The molecule has 2 aromatic rings. The highest BCUT2D eigenvalue weighted by Crippen LogP contribution is 2.25. The van der Waals surface area contributed by atoms with Crippen LogP contribution in [0.3, 0.4) is 0 Å². The third-order valence-electron chi connectivity index (χ3n) is 5.82. The van der Waals surface area contributed by atoms with E-state index in [1.807, 2.05) is 63.2 Å². The second kappa shape index (κ2) is 11.8. The highest BCUT2D eigenvalue weighted by Gasteiger charge is 2.28. The molecule has 0 aliphatic heterocycles. The zero-order valence-corrected chi connectivity index (χ0v) is 21.0. The molecule has 0 bridgehead atoms. The van der Waals surface area contributed by atoms with Crippen molar-refractivity contribution in [2.24, 2.45) is 0 Å². The summed E-state index contributed by atoms with van der Waals surface area (Å²) in [7, 11) is -1.96. The highest BCUT2D eigenvalue weighted by atomic mass is 32.2. The first kappa shape index (κ1) is 26.4. The summed E-state index contributed by atoms with van der Waals surface area (Å²) >= 11 is 0. The van der Waals surface area contributed by atoms with Gasteiger partial charge in [0.2, 0.25) is 21.8 Å². The number of likely N-dealkylation sites (N-methyl/N-ethyl adjacent to an activating group) is 1. The van der Waals surface area contributed by atoms with Gasteiger partial charge in [-0.25, -0.2) is 8.42 Å². The summed E-state index contributed by atoms with van der Waals surface area (Å²) in [4.78, 5) is 27.3. The van der Waals surface area contributed by atoms with Crippen molar-refractivity contribution in [3.8, 4) is 0 Å². The van der Waals surface area contributed by atoms with E-state index >= 15 is 0 Å². The number of rotatable bonds is 11.